The molecule has 1 saturated carbocycles. The van der Waals surface area contributed by atoms with E-state index in [1.807, 2.05) is 7.05 Å². The second-order valence-electron chi connectivity index (χ2n) is 5.76. The van der Waals surface area contributed by atoms with Gasteiger partial charge in [0, 0.05) is 24.7 Å². The van der Waals surface area contributed by atoms with Crippen LogP contribution in [0.25, 0.3) is 0 Å². The summed E-state index contributed by atoms with van der Waals surface area (Å²) in [6, 6.07) is 2.25. The van der Waals surface area contributed by atoms with Gasteiger partial charge in [0.1, 0.15) is 11.6 Å². The number of hydrogen-bond donors (Lipinski definition) is 1. The van der Waals surface area contributed by atoms with Gasteiger partial charge in [-0.1, -0.05) is 12.8 Å². The third-order valence-electron chi connectivity index (χ3n) is 4.56. The summed E-state index contributed by atoms with van der Waals surface area (Å²) >= 11 is 0. The molecular weight excluding hydrogens is 241 g/mol. The molecule has 2 fully saturated rings. The normalized spacial score (nSPS) is 26.5. The number of rotatable bonds is 3. The highest BCUT2D eigenvalue weighted by atomic mass is 19.1. The SMILES string of the molecule is CNCc1cc(F)cnc1N1CCC2CCCCC21. The van der Waals surface area contributed by atoms with Crippen molar-refractivity contribution in [1.29, 1.82) is 0 Å². The Morgan fingerprint density at radius 1 is 1.37 bits per heavy atom. The van der Waals surface area contributed by atoms with Gasteiger partial charge in [0.2, 0.25) is 0 Å². The number of aromatic nitrogens is 1. The Hall–Kier alpha value is -1.16. The molecule has 104 valence electrons. The molecular formula is C15H22FN3. The smallest absolute Gasteiger partial charge is 0.141 e. The number of anilines is 1. The van der Waals surface area contributed by atoms with E-state index in [-0.39, 0.29) is 5.82 Å². The molecule has 1 aliphatic heterocycles. The Labute approximate surface area is 114 Å². The minimum atomic E-state index is -0.242. The summed E-state index contributed by atoms with van der Waals surface area (Å²) in [5.74, 6) is 1.57. The summed E-state index contributed by atoms with van der Waals surface area (Å²) in [6.45, 7) is 1.75. The highest BCUT2D eigenvalue weighted by molar-refractivity contribution is 5.49. The van der Waals surface area contributed by atoms with Crippen molar-refractivity contribution in [3.63, 3.8) is 0 Å². The van der Waals surface area contributed by atoms with Crippen LogP contribution in [0.2, 0.25) is 0 Å². The van der Waals surface area contributed by atoms with Crippen LogP contribution < -0.4 is 10.2 Å². The average Bonchev–Trinajstić information content (AvgIpc) is 2.83. The molecule has 2 atom stereocenters. The molecule has 2 heterocycles. The van der Waals surface area contributed by atoms with E-state index in [9.17, 15) is 4.39 Å². The molecule has 0 bridgehead atoms. The van der Waals surface area contributed by atoms with Crippen LogP contribution in [0.5, 0.6) is 0 Å². The van der Waals surface area contributed by atoms with Crippen LogP contribution >= 0.6 is 0 Å². The molecule has 0 aromatic carbocycles. The molecule has 1 aromatic rings. The van der Waals surface area contributed by atoms with Crippen molar-refractivity contribution in [1.82, 2.24) is 10.3 Å². The van der Waals surface area contributed by atoms with E-state index >= 15 is 0 Å². The van der Waals surface area contributed by atoms with Gasteiger partial charge in [-0.2, -0.15) is 0 Å². The fourth-order valence-electron chi connectivity index (χ4n) is 3.72. The first-order chi connectivity index (χ1) is 9.29. The van der Waals surface area contributed by atoms with E-state index in [4.69, 9.17) is 0 Å². The summed E-state index contributed by atoms with van der Waals surface area (Å²) in [7, 11) is 1.89. The maximum atomic E-state index is 13.4. The zero-order valence-corrected chi connectivity index (χ0v) is 11.5. The number of pyridine rings is 1. The standard InChI is InChI=1S/C15H22FN3/c1-17-9-12-8-13(16)10-18-15(12)19-7-6-11-4-2-3-5-14(11)19/h8,10-11,14,17H,2-7,9H2,1H3. The van der Waals surface area contributed by atoms with Gasteiger partial charge in [0.25, 0.3) is 0 Å². The zero-order chi connectivity index (χ0) is 13.2. The van der Waals surface area contributed by atoms with Crippen LogP contribution in [0.4, 0.5) is 10.2 Å². The van der Waals surface area contributed by atoms with Crippen molar-refractivity contribution in [3.05, 3.63) is 23.6 Å². The van der Waals surface area contributed by atoms with E-state index in [0.29, 0.717) is 12.6 Å². The number of fused-ring (bicyclic) bond motifs is 1. The predicted octanol–water partition coefficient (Wildman–Crippen LogP) is 2.71. The largest absolute Gasteiger partial charge is 0.353 e. The Bertz CT molecular complexity index is 449. The van der Waals surface area contributed by atoms with Crippen molar-refractivity contribution >= 4 is 5.82 Å². The lowest BCUT2D eigenvalue weighted by Crippen LogP contribution is -2.36. The third kappa shape index (κ3) is 2.46. The first kappa shape index (κ1) is 12.9. The fraction of sp³-hybridized carbons (Fsp3) is 0.667. The van der Waals surface area contributed by atoms with Crippen molar-refractivity contribution in [2.75, 3.05) is 18.5 Å². The molecule has 3 rings (SSSR count). The molecule has 19 heavy (non-hydrogen) atoms. The Balaban J connectivity index is 1.89. The van der Waals surface area contributed by atoms with Gasteiger partial charge < -0.3 is 10.2 Å². The molecule has 1 N–H and O–H groups in total. The van der Waals surface area contributed by atoms with Crippen LogP contribution in [-0.4, -0.2) is 24.6 Å². The number of nitrogens with one attached hydrogen (secondary N) is 1. The first-order valence-electron chi connectivity index (χ1n) is 7.35. The Kier molecular flexibility index (Phi) is 3.69. The molecule has 2 unspecified atom stereocenters. The minimum Gasteiger partial charge on any atom is -0.353 e. The van der Waals surface area contributed by atoms with Gasteiger partial charge in [0.05, 0.1) is 6.20 Å². The Morgan fingerprint density at radius 2 is 2.21 bits per heavy atom. The lowest BCUT2D eigenvalue weighted by Gasteiger charge is -2.33. The summed E-state index contributed by atoms with van der Waals surface area (Å²) < 4.78 is 13.4. The van der Waals surface area contributed by atoms with Gasteiger partial charge in [-0.25, -0.2) is 9.37 Å². The van der Waals surface area contributed by atoms with Gasteiger partial charge in [0.15, 0.2) is 0 Å². The van der Waals surface area contributed by atoms with Crippen LogP contribution in [0.1, 0.15) is 37.7 Å². The number of hydrogen-bond acceptors (Lipinski definition) is 3. The second-order valence-corrected chi connectivity index (χ2v) is 5.76. The van der Waals surface area contributed by atoms with Gasteiger partial charge in [-0.15, -0.1) is 0 Å². The quantitative estimate of drug-likeness (QED) is 0.909. The molecule has 1 saturated heterocycles. The fourth-order valence-corrected chi connectivity index (χ4v) is 3.72. The summed E-state index contributed by atoms with van der Waals surface area (Å²) in [5, 5.41) is 3.11. The van der Waals surface area contributed by atoms with Crippen molar-refractivity contribution in [2.24, 2.45) is 5.92 Å². The molecule has 0 radical (unpaired) electrons. The molecule has 0 spiro atoms. The topological polar surface area (TPSA) is 28.2 Å². The van der Waals surface area contributed by atoms with E-state index < -0.39 is 0 Å². The van der Waals surface area contributed by atoms with Crippen molar-refractivity contribution in [3.8, 4) is 0 Å². The summed E-state index contributed by atoms with van der Waals surface area (Å²) in [6.07, 6.45) is 7.93. The zero-order valence-electron chi connectivity index (χ0n) is 11.5. The lowest BCUT2D eigenvalue weighted by molar-refractivity contribution is 0.341. The molecule has 4 heteroatoms. The lowest BCUT2D eigenvalue weighted by atomic mass is 9.85. The van der Waals surface area contributed by atoms with E-state index in [0.717, 1.165) is 23.8 Å². The number of halogens is 1. The molecule has 3 nitrogen and oxygen atoms in total. The van der Waals surface area contributed by atoms with E-state index in [1.165, 1.54) is 38.3 Å². The molecule has 1 aliphatic carbocycles. The first-order valence-corrected chi connectivity index (χ1v) is 7.35. The van der Waals surface area contributed by atoms with Crippen molar-refractivity contribution < 1.29 is 4.39 Å². The van der Waals surface area contributed by atoms with Crippen LogP contribution in [0.15, 0.2) is 12.3 Å². The monoisotopic (exact) mass is 263 g/mol. The van der Waals surface area contributed by atoms with E-state index in [1.54, 1.807) is 6.07 Å². The summed E-state index contributed by atoms with van der Waals surface area (Å²) in [4.78, 5) is 6.81. The van der Waals surface area contributed by atoms with Crippen molar-refractivity contribution in [2.45, 2.75) is 44.7 Å². The maximum Gasteiger partial charge on any atom is 0.141 e. The second kappa shape index (κ2) is 5.45. The van der Waals surface area contributed by atoms with E-state index in [2.05, 4.69) is 15.2 Å². The van der Waals surface area contributed by atoms with Gasteiger partial charge >= 0.3 is 0 Å². The summed E-state index contributed by atoms with van der Waals surface area (Å²) in [5.41, 5.74) is 0.980. The molecule has 1 aromatic heterocycles. The average molecular weight is 263 g/mol. The third-order valence-corrected chi connectivity index (χ3v) is 4.56. The highest BCUT2D eigenvalue weighted by Crippen LogP contribution is 2.39. The Morgan fingerprint density at radius 3 is 3.05 bits per heavy atom. The van der Waals surface area contributed by atoms with Crippen LogP contribution in [0.3, 0.4) is 0 Å². The molecule has 0 amide bonds. The predicted molar refractivity (Wildman–Crippen MR) is 74.7 cm³/mol. The number of nitrogens with zero attached hydrogens (tertiary/aromatic N) is 2. The maximum absolute atomic E-state index is 13.4. The van der Waals surface area contributed by atoms with Crippen LogP contribution in [0, 0.1) is 11.7 Å². The molecule has 2 aliphatic rings. The highest BCUT2D eigenvalue weighted by Gasteiger charge is 2.36. The van der Waals surface area contributed by atoms with Crippen LogP contribution in [-0.2, 0) is 6.54 Å². The van der Waals surface area contributed by atoms with Gasteiger partial charge in [-0.3, -0.25) is 0 Å². The minimum absolute atomic E-state index is 0.242. The van der Waals surface area contributed by atoms with Gasteiger partial charge in [-0.05, 0) is 38.3 Å².